The molecular formula is C20H21FN6O. The van der Waals surface area contributed by atoms with Crippen molar-refractivity contribution in [2.24, 2.45) is 0 Å². The molecule has 0 amide bonds. The van der Waals surface area contributed by atoms with Gasteiger partial charge in [-0.25, -0.2) is 14.5 Å². The minimum absolute atomic E-state index is 0.262. The van der Waals surface area contributed by atoms with E-state index in [1.165, 1.54) is 18.6 Å². The summed E-state index contributed by atoms with van der Waals surface area (Å²) >= 11 is 0. The lowest BCUT2D eigenvalue weighted by Crippen LogP contribution is -2.32. The summed E-state index contributed by atoms with van der Waals surface area (Å²) in [5, 5.41) is 14.7. The van der Waals surface area contributed by atoms with Gasteiger partial charge in [0.2, 0.25) is 0 Å². The van der Waals surface area contributed by atoms with Crippen molar-refractivity contribution in [1.82, 2.24) is 25.6 Å². The highest BCUT2D eigenvalue weighted by Gasteiger charge is 2.28. The maximum Gasteiger partial charge on any atom is 0.183 e. The molecule has 0 aliphatic carbocycles. The van der Waals surface area contributed by atoms with Crippen molar-refractivity contribution >= 4 is 5.82 Å². The Morgan fingerprint density at radius 1 is 1.04 bits per heavy atom. The van der Waals surface area contributed by atoms with Gasteiger partial charge < -0.3 is 9.64 Å². The molecule has 0 atom stereocenters. The first kappa shape index (κ1) is 17.2. The van der Waals surface area contributed by atoms with Crippen LogP contribution in [-0.4, -0.2) is 45.3 Å². The van der Waals surface area contributed by atoms with Crippen LogP contribution in [0.1, 0.15) is 30.5 Å². The number of rotatable bonds is 3. The van der Waals surface area contributed by atoms with E-state index in [2.05, 4.69) is 25.5 Å². The summed E-state index contributed by atoms with van der Waals surface area (Å²) in [5.41, 5.74) is 4.83. The van der Waals surface area contributed by atoms with E-state index >= 15 is 0 Å². The van der Waals surface area contributed by atoms with E-state index in [-0.39, 0.29) is 5.82 Å². The molecule has 1 saturated heterocycles. The molecule has 0 saturated carbocycles. The largest absolute Gasteiger partial charge is 0.376 e. The molecule has 2 aliphatic rings. The Morgan fingerprint density at radius 2 is 1.86 bits per heavy atom. The molecule has 0 spiro atoms. The number of pyridine rings is 1. The van der Waals surface area contributed by atoms with Crippen LogP contribution in [0.5, 0.6) is 0 Å². The number of aromatic amines is 1. The van der Waals surface area contributed by atoms with E-state index in [4.69, 9.17) is 9.72 Å². The summed E-state index contributed by atoms with van der Waals surface area (Å²) < 4.78 is 19.4. The van der Waals surface area contributed by atoms with Crippen molar-refractivity contribution in [3.63, 3.8) is 0 Å². The zero-order valence-electron chi connectivity index (χ0n) is 15.5. The van der Waals surface area contributed by atoms with Gasteiger partial charge in [-0.2, -0.15) is 0 Å². The first-order valence-electron chi connectivity index (χ1n) is 9.70. The van der Waals surface area contributed by atoms with Gasteiger partial charge >= 0.3 is 0 Å². The van der Waals surface area contributed by atoms with Gasteiger partial charge in [0.25, 0.3) is 0 Å². The second kappa shape index (κ2) is 7.27. The third-order valence-electron chi connectivity index (χ3n) is 5.46. The van der Waals surface area contributed by atoms with Crippen LogP contribution in [0.25, 0.3) is 22.5 Å². The van der Waals surface area contributed by atoms with Crippen LogP contribution in [0.4, 0.5) is 10.2 Å². The highest BCUT2D eigenvalue weighted by molar-refractivity contribution is 5.90. The summed E-state index contributed by atoms with van der Waals surface area (Å²) in [7, 11) is 0. The third kappa shape index (κ3) is 3.03. The average Bonchev–Trinajstić information content (AvgIpc) is 3.28. The molecule has 144 valence electrons. The van der Waals surface area contributed by atoms with Crippen LogP contribution >= 0.6 is 0 Å². The van der Waals surface area contributed by atoms with Crippen LogP contribution in [0.3, 0.4) is 0 Å². The SMILES string of the molecule is Fc1ccc(-c2c3c(nc(N4CCCCC4)c2-c2nnn[nH]2)CCOC3)cc1. The Hall–Kier alpha value is -2.87. The molecular weight excluding hydrogens is 359 g/mol. The Kier molecular flexibility index (Phi) is 4.48. The summed E-state index contributed by atoms with van der Waals surface area (Å²) in [6, 6.07) is 6.56. The normalized spacial score (nSPS) is 16.8. The number of aromatic nitrogens is 5. The molecule has 8 heteroatoms. The molecule has 7 nitrogen and oxygen atoms in total. The van der Waals surface area contributed by atoms with E-state index in [9.17, 15) is 4.39 Å². The van der Waals surface area contributed by atoms with Gasteiger partial charge in [0.1, 0.15) is 11.6 Å². The fraction of sp³-hybridized carbons (Fsp3) is 0.400. The number of hydrogen-bond donors (Lipinski definition) is 1. The number of benzene rings is 1. The number of ether oxygens (including phenoxy) is 1. The van der Waals surface area contributed by atoms with Gasteiger partial charge in [-0.15, -0.1) is 5.10 Å². The Morgan fingerprint density at radius 3 is 2.61 bits per heavy atom. The van der Waals surface area contributed by atoms with Crippen molar-refractivity contribution in [2.45, 2.75) is 32.3 Å². The molecule has 0 unspecified atom stereocenters. The summed E-state index contributed by atoms with van der Waals surface area (Å²) in [5.74, 6) is 1.21. The van der Waals surface area contributed by atoms with Crippen molar-refractivity contribution in [3.8, 4) is 22.5 Å². The minimum Gasteiger partial charge on any atom is -0.376 e. The van der Waals surface area contributed by atoms with Crippen molar-refractivity contribution in [1.29, 1.82) is 0 Å². The number of halogens is 1. The minimum atomic E-state index is -0.262. The smallest absolute Gasteiger partial charge is 0.183 e. The molecule has 0 radical (unpaired) electrons. The van der Waals surface area contributed by atoms with E-state index in [0.717, 1.165) is 66.1 Å². The van der Waals surface area contributed by atoms with Gasteiger partial charge in [0.15, 0.2) is 5.82 Å². The lowest BCUT2D eigenvalue weighted by Gasteiger charge is -2.32. The van der Waals surface area contributed by atoms with Crippen LogP contribution in [0.15, 0.2) is 24.3 Å². The number of H-pyrrole nitrogens is 1. The first-order chi connectivity index (χ1) is 13.8. The first-order valence-corrected chi connectivity index (χ1v) is 9.70. The van der Waals surface area contributed by atoms with E-state index in [1.807, 2.05) is 0 Å². The number of fused-ring (bicyclic) bond motifs is 1. The van der Waals surface area contributed by atoms with Gasteiger partial charge in [-0.05, 0) is 47.4 Å². The number of nitrogens with zero attached hydrogens (tertiary/aromatic N) is 5. The number of piperidine rings is 1. The van der Waals surface area contributed by atoms with E-state index in [1.54, 1.807) is 12.1 Å². The topological polar surface area (TPSA) is 79.8 Å². The van der Waals surface area contributed by atoms with Crippen LogP contribution in [0, 0.1) is 5.82 Å². The summed E-state index contributed by atoms with van der Waals surface area (Å²) in [4.78, 5) is 7.38. The lowest BCUT2D eigenvalue weighted by molar-refractivity contribution is 0.109. The van der Waals surface area contributed by atoms with E-state index in [0.29, 0.717) is 19.0 Å². The number of anilines is 1. The van der Waals surface area contributed by atoms with E-state index < -0.39 is 0 Å². The second-order valence-corrected chi connectivity index (χ2v) is 7.22. The molecule has 1 aromatic carbocycles. The standard InChI is InChI=1S/C20H21FN6O/c21-14-6-4-13(5-7-14)17-15-12-28-11-8-16(15)22-20(27-9-2-1-3-10-27)18(17)19-23-25-26-24-19/h4-7H,1-3,8-12H2,(H,23,24,25,26). The van der Waals surface area contributed by atoms with Crippen molar-refractivity contribution in [3.05, 3.63) is 41.3 Å². The average molecular weight is 380 g/mol. The molecule has 2 aliphatic heterocycles. The van der Waals surface area contributed by atoms with Crippen molar-refractivity contribution < 1.29 is 9.13 Å². The zero-order valence-corrected chi connectivity index (χ0v) is 15.5. The molecule has 28 heavy (non-hydrogen) atoms. The van der Waals surface area contributed by atoms with Gasteiger partial charge in [0.05, 0.1) is 24.5 Å². The van der Waals surface area contributed by atoms with Crippen LogP contribution in [-0.2, 0) is 17.8 Å². The lowest BCUT2D eigenvalue weighted by atomic mass is 9.91. The zero-order chi connectivity index (χ0) is 18.9. The predicted octanol–water partition coefficient (Wildman–Crippen LogP) is 3.13. The Balaban J connectivity index is 1.80. The quantitative estimate of drug-likeness (QED) is 0.752. The second-order valence-electron chi connectivity index (χ2n) is 7.22. The molecule has 1 N–H and O–H groups in total. The number of hydrogen-bond acceptors (Lipinski definition) is 6. The monoisotopic (exact) mass is 380 g/mol. The van der Waals surface area contributed by atoms with Crippen molar-refractivity contribution in [2.75, 3.05) is 24.6 Å². The molecule has 4 heterocycles. The highest BCUT2D eigenvalue weighted by atomic mass is 19.1. The van der Waals surface area contributed by atoms with Crippen LogP contribution in [0.2, 0.25) is 0 Å². The summed E-state index contributed by atoms with van der Waals surface area (Å²) in [6.45, 7) is 3.05. The third-order valence-corrected chi connectivity index (χ3v) is 5.46. The molecule has 3 aromatic rings. The Bertz CT molecular complexity index is 967. The van der Waals surface area contributed by atoms with Gasteiger partial charge in [-0.1, -0.05) is 12.1 Å². The molecule has 1 fully saturated rings. The number of nitrogens with one attached hydrogen (secondary N) is 1. The number of tetrazole rings is 1. The summed E-state index contributed by atoms with van der Waals surface area (Å²) in [6.07, 6.45) is 4.28. The fourth-order valence-electron chi connectivity index (χ4n) is 4.12. The fourth-order valence-corrected chi connectivity index (χ4v) is 4.12. The van der Waals surface area contributed by atoms with Gasteiger partial charge in [-0.3, -0.25) is 0 Å². The van der Waals surface area contributed by atoms with Crippen LogP contribution < -0.4 is 4.90 Å². The highest BCUT2D eigenvalue weighted by Crippen LogP contribution is 2.42. The maximum atomic E-state index is 13.6. The Labute approximate surface area is 161 Å². The molecule has 0 bridgehead atoms. The molecule has 2 aromatic heterocycles. The molecule has 5 rings (SSSR count). The maximum absolute atomic E-state index is 13.6. The van der Waals surface area contributed by atoms with Gasteiger partial charge in [0, 0.05) is 30.6 Å². The predicted molar refractivity (Wildman–Crippen MR) is 102 cm³/mol.